The molecule has 8 heteroatoms. The van der Waals surface area contributed by atoms with Crippen molar-refractivity contribution in [3.63, 3.8) is 0 Å². The number of alkyl halides is 3. The number of anilines is 1. The highest BCUT2D eigenvalue weighted by molar-refractivity contribution is 5.95. The van der Waals surface area contributed by atoms with Gasteiger partial charge in [-0.1, -0.05) is 18.2 Å². The van der Waals surface area contributed by atoms with Crippen molar-refractivity contribution in [2.75, 3.05) is 18.4 Å². The number of H-pyrrole nitrogens is 1. The minimum atomic E-state index is -4.53. The van der Waals surface area contributed by atoms with Gasteiger partial charge in [0, 0.05) is 41.4 Å². The van der Waals surface area contributed by atoms with Crippen LogP contribution < -0.4 is 10.6 Å². The molecule has 2 aromatic heterocycles. The number of rotatable bonds is 3. The first kappa shape index (κ1) is 16.8. The van der Waals surface area contributed by atoms with Gasteiger partial charge >= 0.3 is 6.18 Å². The highest BCUT2D eigenvalue weighted by Crippen LogP contribution is 2.38. The SMILES string of the molecule is FC(F)(F)c1cnc(NC2CCCNC2)nc1-c1c[nH]c2ccccc12. The van der Waals surface area contributed by atoms with E-state index in [1.807, 2.05) is 12.1 Å². The van der Waals surface area contributed by atoms with Crippen LogP contribution >= 0.6 is 0 Å². The summed E-state index contributed by atoms with van der Waals surface area (Å²) in [5.74, 6) is 0.215. The zero-order chi connectivity index (χ0) is 18.1. The molecule has 26 heavy (non-hydrogen) atoms. The molecule has 1 aromatic carbocycles. The zero-order valence-corrected chi connectivity index (χ0v) is 13.9. The number of nitrogens with zero attached hydrogens (tertiary/aromatic N) is 2. The van der Waals surface area contributed by atoms with Crippen LogP contribution in [0.25, 0.3) is 22.2 Å². The third-order valence-corrected chi connectivity index (χ3v) is 4.57. The van der Waals surface area contributed by atoms with Gasteiger partial charge in [-0.25, -0.2) is 9.97 Å². The standard InChI is InChI=1S/C18H18F3N5/c19-18(20,21)14-10-24-17(25-11-4-3-7-22-8-11)26-16(14)13-9-23-15-6-2-1-5-12(13)15/h1-2,5-6,9-11,22-23H,3-4,7-8H2,(H,24,25,26). The maximum Gasteiger partial charge on any atom is 0.419 e. The molecule has 1 unspecified atom stereocenters. The van der Waals surface area contributed by atoms with Crippen LogP contribution in [0.15, 0.2) is 36.7 Å². The molecule has 1 aliphatic heterocycles. The van der Waals surface area contributed by atoms with E-state index in [0.717, 1.165) is 37.6 Å². The van der Waals surface area contributed by atoms with Gasteiger partial charge in [0.15, 0.2) is 0 Å². The van der Waals surface area contributed by atoms with E-state index in [4.69, 9.17) is 0 Å². The molecule has 1 atom stereocenters. The first-order chi connectivity index (χ1) is 12.5. The average molecular weight is 361 g/mol. The predicted octanol–water partition coefficient (Wildman–Crippen LogP) is 3.81. The molecule has 4 rings (SSSR count). The lowest BCUT2D eigenvalue weighted by molar-refractivity contribution is -0.137. The molecule has 1 fully saturated rings. The zero-order valence-electron chi connectivity index (χ0n) is 13.9. The fraction of sp³-hybridized carbons (Fsp3) is 0.333. The molecule has 1 saturated heterocycles. The first-order valence-electron chi connectivity index (χ1n) is 8.50. The summed E-state index contributed by atoms with van der Waals surface area (Å²) in [6, 6.07) is 7.33. The van der Waals surface area contributed by atoms with Crippen molar-refractivity contribution in [3.05, 3.63) is 42.2 Å². The van der Waals surface area contributed by atoms with E-state index < -0.39 is 11.7 Å². The van der Waals surface area contributed by atoms with E-state index in [1.54, 1.807) is 18.3 Å². The number of hydrogen-bond donors (Lipinski definition) is 3. The number of nitrogens with one attached hydrogen (secondary N) is 3. The second-order valence-corrected chi connectivity index (χ2v) is 6.39. The predicted molar refractivity (Wildman–Crippen MR) is 93.8 cm³/mol. The summed E-state index contributed by atoms with van der Waals surface area (Å²) in [6.45, 7) is 1.69. The van der Waals surface area contributed by atoms with Gasteiger partial charge in [-0.2, -0.15) is 13.2 Å². The summed E-state index contributed by atoms with van der Waals surface area (Å²) >= 11 is 0. The maximum atomic E-state index is 13.5. The van der Waals surface area contributed by atoms with E-state index in [-0.39, 0.29) is 17.7 Å². The lowest BCUT2D eigenvalue weighted by Gasteiger charge is -2.24. The molecule has 0 radical (unpaired) electrons. The van der Waals surface area contributed by atoms with Crippen molar-refractivity contribution < 1.29 is 13.2 Å². The number of para-hydroxylation sites is 1. The van der Waals surface area contributed by atoms with Crippen molar-refractivity contribution in [3.8, 4) is 11.3 Å². The van der Waals surface area contributed by atoms with Crippen LogP contribution in [0.3, 0.4) is 0 Å². The van der Waals surface area contributed by atoms with E-state index in [1.165, 1.54) is 0 Å². The number of halogens is 3. The van der Waals surface area contributed by atoms with Crippen LogP contribution in [0.2, 0.25) is 0 Å². The second-order valence-electron chi connectivity index (χ2n) is 6.39. The fourth-order valence-corrected chi connectivity index (χ4v) is 3.29. The Bertz CT molecular complexity index is 913. The van der Waals surface area contributed by atoms with Crippen LogP contribution in [0.5, 0.6) is 0 Å². The molecular weight excluding hydrogens is 343 g/mol. The molecule has 0 spiro atoms. The third kappa shape index (κ3) is 3.24. The van der Waals surface area contributed by atoms with E-state index in [0.29, 0.717) is 10.9 Å². The second kappa shape index (κ2) is 6.60. The Hall–Kier alpha value is -2.61. The highest BCUT2D eigenvalue weighted by atomic mass is 19.4. The van der Waals surface area contributed by atoms with E-state index >= 15 is 0 Å². The Labute approximate surface area is 148 Å². The Morgan fingerprint density at radius 1 is 1.19 bits per heavy atom. The summed E-state index contributed by atoms with van der Waals surface area (Å²) in [5, 5.41) is 7.10. The van der Waals surface area contributed by atoms with Gasteiger partial charge in [-0.3, -0.25) is 0 Å². The molecule has 0 amide bonds. The minimum absolute atomic E-state index is 0.108. The van der Waals surface area contributed by atoms with Crippen LogP contribution in [-0.4, -0.2) is 34.1 Å². The van der Waals surface area contributed by atoms with Crippen molar-refractivity contribution in [1.82, 2.24) is 20.3 Å². The summed E-state index contributed by atoms with van der Waals surface area (Å²) in [7, 11) is 0. The smallest absolute Gasteiger partial charge is 0.360 e. The van der Waals surface area contributed by atoms with Gasteiger partial charge in [0.1, 0.15) is 5.56 Å². The Kier molecular flexibility index (Phi) is 4.28. The van der Waals surface area contributed by atoms with Crippen molar-refractivity contribution in [1.29, 1.82) is 0 Å². The highest BCUT2D eigenvalue weighted by Gasteiger charge is 2.36. The number of aromatic nitrogens is 3. The van der Waals surface area contributed by atoms with Crippen LogP contribution in [0.1, 0.15) is 18.4 Å². The quantitative estimate of drug-likeness (QED) is 0.664. The van der Waals surface area contributed by atoms with Crippen LogP contribution in [0, 0.1) is 0 Å². The van der Waals surface area contributed by atoms with Gasteiger partial charge in [-0.05, 0) is 25.5 Å². The van der Waals surface area contributed by atoms with Crippen LogP contribution in [0.4, 0.5) is 19.1 Å². The number of hydrogen-bond acceptors (Lipinski definition) is 4. The van der Waals surface area contributed by atoms with Gasteiger partial charge in [0.05, 0.1) is 5.69 Å². The molecule has 1 aliphatic rings. The number of aromatic amines is 1. The summed E-state index contributed by atoms with van der Waals surface area (Å²) in [5.41, 5.74) is 0.228. The molecule has 5 nitrogen and oxygen atoms in total. The van der Waals surface area contributed by atoms with Gasteiger partial charge < -0.3 is 15.6 Å². The summed E-state index contributed by atoms with van der Waals surface area (Å²) in [4.78, 5) is 11.2. The Morgan fingerprint density at radius 3 is 2.81 bits per heavy atom. The van der Waals surface area contributed by atoms with E-state index in [2.05, 4.69) is 25.6 Å². The monoisotopic (exact) mass is 361 g/mol. The Morgan fingerprint density at radius 2 is 2.04 bits per heavy atom. The lowest BCUT2D eigenvalue weighted by Crippen LogP contribution is -2.38. The molecule has 3 N–H and O–H groups in total. The molecule has 0 aliphatic carbocycles. The molecular formula is C18H18F3N5. The lowest BCUT2D eigenvalue weighted by atomic mass is 10.1. The van der Waals surface area contributed by atoms with E-state index in [9.17, 15) is 13.2 Å². The third-order valence-electron chi connectivity index (χ3n) is 4.57. The van der Waals surface area contributed by atoms with Crippen LogP contribution in [-0.2, 0) is 6.18 Å². The maximum absolute atomic E-state index is 13.5. The number of benzene rings is 1. The van der Waals surface area contributed by atoms with Gasteiger partial charge in [-0.15, -0.1) is 0 Å². The van der Waals surface area contributed by atoms with Crippen molar-refractivity contribution in [2.45, 2.75) is 25.1 Å². The first-order valence-corrected chi connectivity index (χ1v) is 8.50. The molecule has 3 aromatic rings. The summed E-state index contributed by atoms with van der Waals surface area (Å²) < 4.78 is 40.5. The Balaban J connectivity index is 1.78. The normalized spacial score (nSPS) is 18.2. The summed E-state index contributed by atoms with van der Waals surface area (Å²) in [6.07, 6.45) is -0.164. The fourth-order valence-electron chi connectivity index (χ4n) is 3.29. The largest absolute Gasteiger partial charge is 0.419 e. The minimum Gasteiger partial charge on any atom is -0.360 e. The molecule has 0 bridgehead atoms. The topological polar surface area (TPSA) is 65.6 Å². The molecule has 0 saturated carbocycles. The number of piperidine rings is 1. The average Bonchev–Trinajstić information content (AvgIpc) is 3.05. The molecule has 3 heterocycles. The van der Waals surface area contributed by atoms with Gasteiger partial charge in [0.25, 0.3) is 0 Å². The van der Waals surface area contributed by atoms with Gasteiger partial charge in [0.2, 0.25) is 5.95 Å². The number of fused-ring (bicyclic) bond motifs is 1. The van der Waals surface area contributed by atoms with Crippen molar-refractivity contribution in [2.24, 2.45) is 0 Å². The molecule has 136 valence electrons. The van der Waals surface area contributed by atoms with Crippen molar-refractivity contribution >= 4 is 16.9 Å².